The van der Waals surface area contributed by atoms with Crippen LogP contribution < -0.4 is 0 Å². The van der Waals surface area contributed by atoms with Crippen molar-refractivity contribution in [3.05, 3.63) is 0 Å². The molecule has 0 radical (unpaired) electrons. The van der Waals surface area contributed by atoms with Crippen LogP contribution in [0.3, 0.4) is 0 Å². The van der Waals surface area contributed by atoms with E-state index in [1.807, 2.05) is 27.7 Å². The summed E-state index contributed by atoms with van der Waals surface area (Å²) < 4.78 is 0. The highest BCUT2D eigenvalue weighted by Gasteiger charge is 1.56. The van der Waals surface area contributed by atoms with Gasteiger partial charge >= 0.3 is 0 Å². The fraction of sp³-hybridized carbons (Fsp3) is 1.00. The Balaban J connectivity index is -0.0000000289. The minimum absolute atomic E-state index is 1.25. The van der Waals surface area contributed by atoms with Gasteiger partial charge in [0.05, 0.1) is 0 Å². The number of hydrogen-bond donors (Lipinski definition) is 0. The standard InChI is InChI=1S/2C4H10.C3H8.2C2H6/c2*1-3-4-2;1-3-2;2*1-2/h2*3-4H2,1-2H3;3H2,1-2H3;2*1-2H3. The lowest BCUT2D eigenvalue weighted by molar-refractivity contribution is 0.886. The molecule has 0 saturated carbocycles. The van der Waals surface area contributed by atoms with Crippen LogP contribution in [0.4, 0.5) is 0 Å². The first-order valence-electron chi connectivity index (χ1n) is 7.24. The van der Waals surface area contributed by atoms with E-state index in [9.17, 15) is 0 Å². The van der Waals surface area contributed by atoms with Gasteiger partial charge in [0.25, 0.3) is 0 Å². The van der Waals surface area contributed by atoms with Crippen molar-refractivity contribution in [3.63, 3.8) is 0 Å². The zero-order valence-electron chi connectivity index (χ0n) is 13.5. The Morgan fingerprint density at radius 2 is 0.467 bits per heavy atom. The molecule has 0 amide bonds. The van der Waals surface area contributed by atoms with Gasteiger partial charge in [-0.1, -0.05) is 101 Å². The Bertz CT molecular complexity index is 15.2. The summed E-state index contributed by atoms with van der Waals surface area (Å²) in [6, 6.07) is 0. The second-order valence-corrected chi connectivity index (χ2v) is 2.71. The van der Waals surface area contributed by atoms with Crippen LogP contribution >= 0.6 is 0 Å². The molecule has 0 aromatic carbocycles. The predicted octanol–water partition coefficient (Wildman–Crippen LogP) is 7.08. The highest BCUT2D eigenvalue weighted by molar-refractivity contribution is 4.13. The molecule has 15 heavy (non-hydrogen) atoms. The molecule has 0 N–H and O–H groups in total. The quantitative estimate of drug-likeness (QED) is 0.466. The van der Waals surface area contributed by atoms with E-state index in [2.05, 4.69) is 41.5 Å². The van der Waals surface area contributed by atoms with Gasteiger partial charge < -0.3 is 0 Å². The number of hydrogen-bond acceptors (Lipinski definition) is 0. The maximum Gasteiger partial charge on any atom is -0.0564 e. The van der Waals surface area contributed by atoms with Gasteiger partial charge in [0.15, 0.2) is 0 Å². The molecule has 100 valence electrons. The molecule has 0 nitrogen and oxygen atoms in total. The molecular weight excluding hydrogens is 180 g/mol. The summed E-state index contributed by atoms with van der Waals surface area (Å²) >= 11 is 0. The summed E-state index contributed by atoms with van der Waals surface area (Å²) in [5, 5.41) is 0. The van der Waals surface area contributed by atoms with Crippen LogP contribution in [0.25, 0.3) is 0 Å². The van der Waals surface area contributed by atoms with E-state index < -0.39 is 0 Å². The van der Waals surface area contributed by atoms with Crippen LogP contribution in [-0.4, -0.2) is 0 Å². The van der Waals surface area contributed by atoms with Crippen molar-refractivity contribution >= 4 is 0 Å². The van der Waals surface area contributed by atoms with Gasteiger partial charge in [-0.15, -0.1) is 0 Å². The van der Waals surface area contributed by atoms with Crippen LogP contribution in [0.15, 0.2) is 0 Å². The Morgan fingerprint density at radius 1 is 0.400 bits per heavy atom. The molecule has 0 heteroatoms. The maximum atomic E-state index is 2.18. The van der Waals surface area contributed by atoms with Crippen molar-refractivity contribution in [2.75, 3.05) is 0 Å². The highest BCUT2D eigenvalue weighted by Crippen LogP contribution is 1.77. The van der Waals surface area contributed by atoms with E-state index in [0.717, 1.165) is 0 Å². The molecule has 0 aliphatic rings. The van der Waals surface area contributed by atoms with Gasteiger partial charge in [0.2, 0.25) is 0 Å². The molecular formula is C15H40. The van der Waals surface area contributed by atoms with Crippen molar-refractivity contribution < 1.29 is 0 Å². The average Bonchev–Trinajstić information content (AvgIpc) is 2.35. The van der Waals surface area contributed by atoms with E-state index >= 15 is 0 Å². The van der Waals surface area contributed by atoms with Crippen molar-refractivity contribution in [1.82, 2.24) is 0 Å². The third-order valence-electron chi connectivity index (χ3n) is 1.000. The summed E-state index contributed by atoms with van der Waals surface area (Å²) in [6.07, 6.45) is 6.53. The summed E-state index contributed by atoms with van der Waals surface area (Å²) in [4.78, 5) is 0. The maximum absolute atomic E-state index is 2.18. The molecule has 0 fully saturated rings. The highest BCUT2D eigenvalue weighted by atomic mass is 13.6. The first kappa shape index (κ1) is 29.4. The molecule has 0 unspecified atom stereocenters. The number of unbranched alkanes of at least 4 members (excludes halogenated alkanes) is 2. The zero-order chi connectivity index (χ0) is 13.5. The predicted molar refractivity (Wildman–Crippen MR) is 79.8 cm³/mol. The van der Waals surface area contributed by atoms with Gasteiger partial charge in [-0.2, -0.15) is 0 Å². The molecule has 0 spiro atoms. The van der Waals surface area contributed by atoms with Crippen molar-refractivity contribution in [2.24, 2.45) is 0 Å². The Morgan fingerprint density at radius 3 is 0.467 bits per heavy atom. The molecule has 0 aromatic rings. The third-order valence-corrected chi connectivity index (χ3v) is 1.000. The third kappa shape index (κ3) is 504. The number of rotatable bonds is 2. The van der Waals surface area contributed by atoms with E-state index in [1.165, 1.54) is 32.1 Å². The smallest absolute Gasteiger partial charge is 0.0564 e. The van der Waals surface area contributed by atoms with Crippen molar-refractivity contribution in [3.8, 4) is 0 Å². The van der Waals surface area contributed by atoms with Gasteiger partial charge in [-0.3, -0.25) is 0 Å². The second kappa shape index (κ2) is 94.6. The van der Waals surface area contributed by atoms with Crippen LogP contribution in [-0.2, 0) is 0 Å². The summed E-state index contributed by atoms with van der Waals surface area (Å²) in [7, 11) is 0. The molecule has 0 bridgehead atoms. The lowest BCUT2D eigenvalue weighted by atomic mass is 10.4. The second-order valence-electron chi connectivity index (χ2n) is 2.71. The SMILES string of the molecule is CC.CC.CCC.CCCC.CCCC. The molecule has 0 heterocycles. The zero-order valence-corrected chi connectivity index (χ0v) is 13.5. The van der Waals surface area contributed by atoms with E-state index in [1.54, 1.807) is 0 Å². The van der Waals surface area contributed by atoms with E-state index in [-0.39, 0.29) is 0 Å². The molecule has 0 rings (SSSR count). The molecule has 0 aliphatic heterocycles. The van der Waals surface area contributed by atoms with Gasteiger partial charge in [-0.25, -0.2) is 0 Å². The molecule has 0 aliphatic carbocycles. The Kier molecular flexibility index (Phi) is 185. The summed E-state index contributed by atoms with van der Waals surface area (Å²) in [6.45, 7) is 21.0. The van der Waals surface area contributed by atoms with Crippen LogP contribution in [0.5, 0.6) is 0 Å². The molecule has 0 atom stereocenters. The van der Waals surface area contributed by atoms with Crippen LogP contribution in [0.1, 0.15) is 101 Å². The van der Waals surface area contributed by atoms with Crippen LogP contribution in [0.2, 0.25) is 0 Å². The van der Waals surface area contributed by atoms with E-state index in [4.69, 9.17) is 0 Å². The normalized spacial score (nSPS) is 6.00. The lowest BCUT2D eigenvalue weighted by Gasteiger charge is -1.68. The van der Waals surface area contributed by atoms with Crippen LogP contribution in [0, 0.1) is 0 Å². The lowest BCUT2D eigenvalue weighted by Crippen LogP contribution is -1.47. The Labute approximate surface area is 102 Å². The first-order valence-corrected chi connectivity index (χ1v) is 7.24. The van der Waals surface area contributed by atoms with Crippen molar-refractivity contribution in [2.45, 2.75) is 101 Å². The first-order chi connectivity index (χ1) is 7.24. The van der Waals surface area contributed by atoms with Crippen molar-refractivity contribution in [1.29, 1.82) is 0 Å². The summed E-state index contributed by atoms with van der Waals surface area (Å²) in [5.41, 5.74) is 0. The minimum atomic E-state index is 1.25. The largest absolute Gasteiger partial charge is 0.0683 e. The fourth-order valence-electron chi connectivity index (χ4n) is 0. The molecule has 0 aromatic heterocycles. The topological polar surface area (TPSA) is 0 Å². The van der Waals surface area contributed by atoms with Gasteiger partial charge in [0, 0.05) is 0 Å². The van der Waals surface area contributed by atoms with Gasteiger partial charge in [0.1, 0.15) is 0 Å². The molecule has 0 saturated heterocycles. The van der Waals surface area contributed by atoms with E-state index in [0.29, 0.717) is 0 Å². The van der Waals surface area contributed by atoms with Gasteiger partial charge in [-0.05, 0) is 0 Å². The average molecular weight is 220 g/mol. The summed E-state index contributed by atoms with van der Waals surface area (Å²) in [5.74, 6) is 0. The fourth-order valence-corrected chi connectivity index (χ4v) is 0. The minimum Gasteiger partial charge on any atom is -0.0683 e. The Hall–Kier alpha value is 0. The monoisotopic (exact) mass is 220 g/mol.